The minimum Gasteiger partial charge on any atom is -0.467 e. The minimum absolute atomic E-state index is 0.594. The van der Waals surface area contributed by atoms with E-state index in [1.54, 1.807) is 0 Å². The molecule has 0 aromatic carbocycles. The van der Waals surface area contributed by atoms with Gasteiger partial charge in [-0.2, -0.15) is 0 Å². The van der Waals surface area contributed by atoms with Crippen molar-refractivity contribution < 1.29 is 54.4 Å². The molecule has 23 heavy (non-hydrogen) atoms. The third-order valence-corrected chi connectivity index (χ3v) is 3.79. The lowest BCUT2D eigenvalue weighted by Gasteiger charge is -2.40. The molecule has 0 aromatic rings. The molecule has 9 atom stereocenters. The van der Waals surface area contributed by atoms with Crippen LogP contribution in [0.3, 0.4) is 0 Å². The molecule has 134 valence electrons. The Morgan fingerprint density at radius 3 is 2.17 bits per heavy atom. The monoisotopic (exact) mass is 340 g/mol. The Kier molecular flexibility index (Phi) is 5.89. The average molecular weight is 340 g/mol. The summed E-state index contributed by atoms with van der Waals surface area (Å²) in [6.45, 7) is -0.594. The van der Waals surface area contributed by atoms with Crippen LogP contribution in [-0.2, 0) is 23.7 Å². The summed E-state index contributed by atoms with van der Waals surface area (Å²) in [5, 5.41) is 57.6. The van der Waals surface area contributed by atoms with Crippen molar-refractivity contribution in [2.24, 2.45) is 0 Å². The third kappa shape index (κ3) is 3.47. The molecule has 2 heterocycles. The highest BCUT2D eigenvalue weighted by molar-refractivity contribution is 5.75. The van der Waals surface area contributed by atoms with Crippen molar-refractivity contribution in [3.8, 4) is 0 Å². The number of aliphatic hydroxyl groups is 6. The lowest BCUT2D eigenvalue weighted by molar-refractivity contribution is -0.314. The topological polar surface area (TPSA) is 175 Å². The second-order valence-electron chi connectivity index (χ2n) is 5.26. The second kappa shape index (κ2) is 7.34. The third-order valence-electron chi connectivity index (χ3n) is 3.79. The predicted molar refractivity (Wildman–Crippen MR) is 67.5 cm³/mol. The maximum absolute atomic E-state index is 11.7. The van der Waals surface area contributed by atoms with Crippen molar-refractivity contribution >= 4 is 5.97 Å². The van der Waals surface area contributed by atoms with Crippen LogP contribution in [0.4, 0.5) is 0 Å². The largest absolute Gasteiger partial charge is 0.467 e. The minimum atomic E-state index is -1.85. The quantitative estimate of drug-likeness (QED) is 0.272. The van der Waals surface area contributed by atoms with Gasteiger partial charge in [-0.3, -0.25) is 0 Å². The Balaban J connectivity index is 2.15. The molecule has 0 aliphatic carbocycles. The summed E-state index contributed by atoms with van der Waals surface area (Å²) in [7, 11) is 1.04. The summed E-state index contributed by atoms with van der Waals surface area (Å²) in [6.07, 6.45) is -14.2. The zero-order valence-electron chi connectivity index (χ0n) is 12.1. The predicted octanol–water partition coefficient (Wildman–Crippen LogP) is -4.58. The van der Waals surface area contributed by atoms with E-state index in [4.69, 9.17) is 19.3 Å². The van der Waals surface area contributed by atoms with Crippen molar-refractivity contribution in [2.45, 2.75) is 55.3 Å². The Morgan fingerprint density at radius 1 is 1.00 bits per heavy atom. The number of esters is 1. The van der Waals surface area contributed by atoms with E-state index in [0.717, 1.165) is 7.11 Å². The Morgan fingerprint density at radius 2 is 1.65 bits per heavy atom. The van der Waals surface area contributed by atoms with Crippen LogP contribution in [0.2, 0.25) is 0 Å². The second-order valence-corrected chi connectivity index (χ2v) is 5.26. The lowest BCUT2D eigenvalue weighted by Crippen LogP contribution is -2.62. The van der Waals surface area contributed by atoms with Gasteiger partial charge in [-0.25, -0.2) is 4.79 Å². The number of hydrogen-bond acceptors (Lipinski definition) is 11. The molecular formula is C12H20O11. The highest BCUT2D eigenvalue weighted by Crippen LogP contribution is 2.29. The van der Waals surface area contributed by atoms with Crippen LogP contribution in [-0.4, -0.2) is 106 Å². The average Bonchev–Trinajstić information content (AvgIpc) is 2.82. The molecular weight excluding hydrogens is 320 g/mol. The van der Waals surface area contributed by atoms with Gasteiger partial charge in [-0.15, -0.1) is 0 Å². The Hall–Kier alpha value is -0.890. The molecule has 0 unspecified atom stereocenters. The summed E-state index contributed by atoms with van der Waals surface area (Å²) in [5.41, 5.74) is 0. The molecule has 0 amide bonds. The highest BCUT2D eigenvalue weighted by atomic mass is 16.7. The van der Waals surface area contributed by atoms with Gasteiger partial charge in [0.2, 0.25) is 0 Å². The molecule has 2 rings (SSSR count). The van der Waals surface area contributed by atoms with Crippen molar-refractivity contribution in [3.63, 3.8) is 0 Å². The number of methoxy groups -OCH3 is 1. The fraction of sp³-hybridized carbons (Fsp3) is 0.917. The van der Waals surface area contributed by atoms with Gasteiger partial charge in [0.15, 0.2) is 18.7 Å². The Labute approximate surface area is 130 Å². The van der Waals surface area contributed by atoms with Crippen LogP contribution in [0.1, 0.15) is 0 Å². The van der Waals surface area contributed by atoms with Gasteiger partial charge in [0, 0.05) is 0 Å². The molecule has 11 nitrogen and oxygen atoms in total. The van der Waals surface area contributed by atoms with Crippen LogP contribution in [0.15, 0.2) is 0 Å². The molecule has 2 aliphatic heterocycles. The summed E-state index contributed by atoms with van der Waals surface area (Å²) in [5.74, 6) is -0.994. The van der Waals surface area contributed by atoms with Crippen LogP contribution >= 0.6 is 0 Å². The van der Waals surface area contributed by atoms with E-state index in [2.05, 4.69) is 4.74 Å². The maximum atomic E-state index is 11.7. The molecule has 0 aromatic heterocycles. The van der Waals surface area contributed by atoms with Crippen molar-refractivity contribution in [1.82, 2.24) is 0 Å². The number of aliphatic hydroxyl groups excluding tert-OH is 6. The molecule has 11 heteroatoms. The smallest absolute Gasteiger partial charge is 0.337 e. The van der Waals surface area contributed by atoms with Gasteiger partial charge < -0.3 is 49.6 Å². The van der Waals surface area contributed by atoms with E-state index in [-0.39, 0.29) is 0 Å². The molecule has 6 N–H and O–H groups in total. The van der Waals surface area contributed by atoms with Crippen molar-refractivity contribution in [3.05, 3.63) is 0 Å². The SMILES string of the molecule is COC(=O)[C@H]1O[C@@H](O)[C@H](O)[C@@H](O)[C@@H]1O[C@@H]1O[C@@H](CO)[C@H](O)[C@H]1O. The zero-order valence-corrected chi connectivity index (χ0v) is 12.1. The van der Waals surface area contributed by atoms with Gasteiger partial charge in [0.05, 0.1) is 13.7 Å². The van der Waals surface area contributed by atoms with Crippen LogP contribution < -0.4 is 0 Å². The fourth-order valence-corrected chi connectivity index (χ4v) is 2.44. The molecule has 2 fully saturated rings. The number of hydrogen-bond donors (Lipinski definition) is 6. The lowest BCUT2D eigenvalue weighted by atomic mass is 9.98. The van der Waals surface area contributed by atoms with E-state index < -0.39 is 67.9 Å². The Bertz CT molecular complexity index is 418. The van der Waals surface area contributed by atoms with Crippen LogP contribution in [0.5, 0.6) is 0 Å². The van der Waals surface area contributed by atoms with E-state index in [1.807, 2.05) is 0 Å². The first-order chi connectivity index (χ1) is 10.8. The number of ether oxygens (including phenoxy) is 4. The molecule has 0 bridgehead atoms. The van der Waals surface area contributed by atoms with Gasteiger partial charge in [-0.05, 0) is 0 Å². The first kappa shape index (κ1) is 18.4. The van der Waals surface area contributed by atoms with E-state index in [0.29, 0.717) is 0 Å². The van der Waals surface area contributed by atoms with E-state index in [9.17, 15) is 30.3 Å². The van der Waals surface area contributed by atoms with Crippen molar-refractivity contribution in [2.75, 3.05) is 13.7 Å². The maximum Gasteiger partial charge on any atom is 0.337 e. The molecule has 0 spiro atoms. The number of carbonyl (C=O) groups excluding carboxylic acids is 1. The normalized spacial score (nSPS) is 47.5. The summed E-state index contributed by atoms with van der Waals surface area (Å²) in [4.78, 5) is 11.7. The van der Waals surface area contributed by atoms with Gasteiger partial charge in [0.25, 0.3) is 0 Å². The number of rotatable bonds is 4. The summed E-state index contributed by atoms with van der Waals surface area (Å²) < 4.78 is 19.6. The molecule has 0 saturated carbocycles. The molecule has 0 radical (unpaired) electrons. The standard InChI is InChI=1S/C12H20O11/c1-20-11(19)9-8(5(15)6(16)10(18)22-9)23-12-7(17)4(14)3(2-13)21-12/h3-10,12-18H,2H2,1H3/t3-,4-,5+,6+,7+,8-,9-,10+,12-/m0/s1. The summed E-state index contributed by atoms with van der Waals surface area (Å²) >= 11 is 0. The van der Waals surface area contributed by atoms with Crippen molar-refractivity contribution in [1.29, 1.82) is 0 Å². The van der Waals surface area contributed by atoms with Crippen LogP contribution in [0.25, 0.3) is 0 Å². The first-order valence-electron chi connectivity index (χ1n) is 6.87. The fourth-order valence-electron chi connectivity index (χ4n) is 2.44. The summed E-state index contributed by atoms with van der Waals surface area (Å²) in [6, 6.07) is 0. The molecule has 2 saturated heterocycles. The number of carbonyl (C=O) groups is 1. The first-order valence-corrected chi connectivity index (χ1v) is 6.87. The van der Waals surface area contributed by atoms with E-state index in [1.165, 1.54) is 0 Å². The highest BCUT2D eigenvalue weighted by Gasteiger charge is 2.52. The van der Waals surface area contributed by atoms with E-state index >= 15 is 0 Å². The van der Waals surface area contributed by atoms with Gasteiger partial charge >= 0.3 is 5.97 Å². The van der Waals surface area contributed by atoms with Gasteiger partial charge in [0.1, 0.15) is 36.6 Å². The molecule has 2 aliphatic rings. The van der Waals surface area contributed by atoms with Crippen LogP contribution in [0, 0.1) is 0 Å². The zero-order chi connectivity index (χ0) is 17.3. The van der Waals surface area contributed by atoms with Gasteiger partial charge in [-0.1, -0.05) is 0 Å².